The fourth-order valence-corrected chi connectivity index (χ4v) is 0.643. The minimum atomic E-state index is -1.00. The van der Waals surface area contributed by atoms with Crippen LogP contribution in [0.4, 0.5) is 0 Å². The summed E-state index contributed by atoms with van der Waals surface area (Å²) in [7, 11) is 0. The third kappa shape index (κ3) is 10.3. The van der Waals surface area contributed by atoms with Gasteiger partial charge in [-0.15, -0.1) is 0 Å². The van der Waals surface area contributed by atoms with Gasteiger partial charge >= 0.3 is 57.4 Å². The van der Waals surface area contributed by atoms with E-state index in [9.17, 15) is 4.79 Å². The Morgan fingerprint density at radius 1 is 1.46 bits per heavy atom. The Labute approximate surface area is 119 Å². The van der Waals surface area contributed by atoms with Gasteiger partial charge in [-0.3, -0.25) is 9.79 Å². The van der Waals surface area contributed by atoms with E-state index in [2.05, 4.69) is 4.99 Å². The number of guanidine groups is 1. The van der Waals surface area contributed by atoms with Crippen LogP contribution in [0.1, 0.15) is 12.8 Å². The Balaban J connectivity index is 0. The number of nitrogens with two attached hydrogens (primary N) is 3. The summed E-state index contributed by atoms with van der Waals surface area (Å²) in [5.74, 6) is -0.987. The number of carboxylic acid groups (broad SMARTS) is 1. The normalized spacial score (nSPS) is 11.2. The van der Waals surface area contributed by atoms with Gasteiger partial charge in [-0.05, 0) is 12.8 Å². The number of hydrogen-bond acceptors (Lipinski definition) is 3. The summed E-state index contributed by atoms with van der Waals surface area (Å²) in [5, 5.41) is 8.38. The molecule has 0 aromatic carbocycles. The van der Waals surface area contributed by atoms with Crippen molar-refractivity contribution >= 4 is 11.9 Å². The zero-order valence-electron chi connectivity index (χ0n) is 7.73. The van der Waals surface area contributed by atoms with Crippen molar-refractivity contribution < 1.29 is 61.3 Å². The Kier molecular flexibility index (Phi) is 10.8. The van der Waals surface area contributed by atoms with Gasteiger partial charge in [0.1, 0.15) is 6.04 Å². The van der Waals surface area contributed by atoms with Gasteiger partial charge < -0.3 is 22.3 Å². The molecule has 0 aromatic rings. The number of hydrogen-bond donors (Lipinski definition) is 4. The molecule has 1 atom stereocenters. The zero-order chi connectivity index (χ0) is 9.56. The molecule has 0 aliphatic carbocycles. The van der Waals surface area contributed by atoms with Crippen LogP contribution in [-0.2, 0) is 4.79 Å². The first-order valence-electron chi connectivity index (χ1n) is 3.58. The molecule has 1 unspecified atom stereocenters. The van der Waals surface area contributed by atoms with E-state index in [4.69, 9.17) is 22.3 Å². The van der Waals surface area contributed by atoms with Crippen molar-refractivity contribution in [3.8, 4) is 0 Å². The Hall–Kier alpha value is 0.336. The molecule has 6 nitrogen and oxygen atoms in total. The molecule has 0 saturated heterocycles. The van der Waals surface area contributed by atoms with Crippen LogP contribution in [0.5, 0.6) is 0 Å². The first-order valence-corrected chi connectivity index (χ1v) is 3.58. The summed E-state index contributed by atoms with van der Waals surface area (Å²) in [4.78, 5) is 13.9. The second kappa shape index (κ2) is 8.91. The summed E-state index contributed by atoms with van der Waals surface area (Å²) < 4.78 is 0. The average Bonchev–Trinajstić information content (AvgIpc) is 1.97. The molecule has 0 heterocycles. The molecule has 0 fully saturated rings. The molecule has 0 bridgehead atoms. The van der Waals surface area contributed by atoms with Crippen LogP contribution in [-0.4, -0.2) is 29.6 Å². The van der Waals surface area contributed by atoms with Gasteiger partial charge in [-0.2, -0.15) is 0 Å². The van der Waals surface area contributed by atoms with E-state index < -0.39 is 12.0 Å². The van der Waals surface area contributed by atoms with Gasteiger partial charge in [0, 0.05) is 6.54 Å². The molecule has 0 amide bonds. The van der Waals surface area contributed by atoms with Crippen molar-refractivity contribution in [3.05, 3.63) is 0 Å². The van der Waals surface area contributed by atoms with E-state index in [-0.39, 0.29) is 57.3 Å². The average molecular weight is 213 g/mol. The predicted octanol–water partition coefficient (Wildman–Crippen LogP) is -4.54. The standard InChI is InChI=1S/C6H14N4O2.K/c7-4(5(11)12)2-1-3-10-6(8)9;/h4H,1-3,7H2,(H,11,12)(H4,8,9,10);/q;+1. The second-order valence-electron chi connectivity index (χ2n) is 2.39. The molecule has 7 heteroatoms. The molecule has 13 heavy (non-hydrogen) atoms. The number of carboxylic acids is 1. The monoisotopic (exact) mass is 213 g/mol. The fourth-order valence-electron chi connectivity index (χ4n) is 0.643. The van der Waals surface area contributed by atoms with Gasteiger partial charge in [0.05, 0.1) is 0 Å². The van der Waals surface area contributed by atoms with Crippen LogP contribution < -0.4 is 68.6 Å². The van der Waals surface area contributed by atoms with Crippen LogP contribution in [0.15, 0.2) is 4.99 Å². The SMILES string of the molecule is NC(N)=NCCCC(N)C(=O)O.[K+]. The van der Waals surface area contributed by atoms with E-state index in [1.54, 1.807) is 0 Å². The van der Waals surface area contributed by atoms with Crippen molar-refractivity contribution in [1.82, 2.24) is 0 Å². The van der Waals surface area contributed by atoms with Crippen LogP contribution in [0.2, 0.25) is 0 Å². The van der Waals surface area contributed by atoms with E-state index in [0.29, 0.717) is 19.4 Å². The number of aliphatic carboxylic acids is 1. The van der Waals surface area contributed by atoms with E-state index in [0.717, 1.165) is 0 Å². The minimum Gasteiger partial charge on any atom is -0.480 e. The molecule has 70 valence electrons. The van der Waals surface area contributed by atoms with Gasteiger partial charge in [-0.25, -0.2) is 0 Å². The molecular formula is C6H14KN4O2+. The van der Waals surface area contributed by atoms with Crippen molar-refractivity contribution in [2.45, 2.75) is 18.9 Å². The van der Waals surface area contributed by atoms with E-state index in [1.165, 1.54) is 0 Å². The summed E-state index contributed by atoms with van der Waals surface area (Å²) in [6, 6.07) is -0.820. The Bertz CT molecular complexity index is 181. The van der Waals surface area contributed by atoms with Crippen LogP contribution in [0.25, 0.3) is 0 Å². The van der Waals surface area contributed by atoms with Crippen molar-refractivity contribution in [3.63, 3.8) is 0 Å². The first kappa shape index (κ1) is 15.8. The quantitative estimate of drug-likeness (QED) is 0.158. The first-order chi connectivity index (χ1) is 5.54. The topological polar surface area (TPSA) is 128 Å². The van der Waals surface area contributed by atoms with Crippen LogP contribution >= 0.6 is 0 Å². The van der Waals surface area contributed by atoms with Crippen molar-refractivity contribution in [2.75, 3.05) is 6.54 Å². The van der Waals surface area contributed by atoms with Gasteiger partial charge in [0.15, 0.2) is 5.96 Å². The van der Waals surface area contributed by atoms with Crippen LogP contribution in [0, 0.1) is 0 Å². The number of rotatable bonds is 5. The largest absolute Gasteiger partial charge is 1.00 e. The van der Waals surface area contributed by atoms with E-state index in [1.807, 2.05) is 0 Å². The summed E-state index contributed by atoms with van der Waals surface area (Å²) >= 11 is 0. The molecule has 0 saturated carbocycles. The summed E-state index contributed by atoms with van der Waals surface area (Å²) in [5.41, 5.74) is 15.3. The maximum absolute atomic E-state index is 10.2. The third-order valence-electron chi connectivity index (χ3n) is 1.28. The molecule has 0 spiro atoms. The molecular weight excluding hydrogens is 199 g/mol. The zero-order valence-corrected chi connectivity index (χ0v) is 10.9. The fraction of sp³-hybridized carbons (Fsp3) is 0.667. The molecule has 0 aromatic heterocycles. The van der Waals surface area contributed by atoms with E-state index >= 15 is 0 Å². The second-order valence-corrected chi connectivity index (χ2v) is 2.39. The Morgan fingerprint density at radius 2 is 2.00 bits per heavy atom. The Morgan fingerprint density at radius 3 is 2.38 bits per heavy atom. The third-order valence-corrected chi connectivity index (χ3v) is 1.28. The number of aliphatic imine (C=N–C) groups is 1. The molecule has 7 N–H and O–H groups in total. The number of carbonyl (C=O) groups is 1. The van der Waals surface area contributed by atoms with Gasteiger partial charge in [-0.1, -0.05) is 0 Å². The predicted molar refractivity (Wildman–Crippen MR) is 45.5 cm³/mol. The molecule has 0 rings (SSSR count). The summed E-state index contributed by atoms with van der Waals surface area (Å²) in [6.45, 7) is 0.420. The summed E-state index contributed by atoms with van der Waals surface area (Å²) in [6.07, 6.45) is 0.956. The van der Waals surface area contributed by atoms with Crippen LogP contribution in [0.3, 0.4) is 0 Å². The maximum Gasteiger partial charge on any atom is 1.00 e. The molecule has 0 aliphatic heterocycles. The van der Waals surface area contributed by atoms with Gasteiger partial charge in [0.25, 0.3) is 0 Å². The van der Waals surface area contributed by atoms with Crippen molar-refractivity contribution in [2.24, 2.45) is 22.2 Å². The van der Waals surface area contributed by atoms with Gasteiger partial charge in [0.2, 0.25) is 0 Å². The maximum atomic E-state index is 10.2. The molecule has 0 aliphatic rings. The number of nitrogens with zero attached hydrogens (tertiary/aromatic N) is 1. The smallest absolute Gasteiger partial charge is 0.480 e. The minimum absolute atomic E-state index is 0. The van der Waals surface area contributed by atoms with Crippen molar-refractivity contribution in [1.29, 1.82) is 0 Å². The molecule has 0 radical (unpaired) electrons.